The van der Waals surface area contributed by atoms with Crippen molar-refractivity contribution in [1.82, 2.24) is 25.5 Å². The molecule has 0 saturated heterocycles. The number of nitrogens with zero attached hydrogens (tertiary/aromatic N) is 5. The highest BCUT2D eigenvalue weighted by Crippen LogP contribution is 2.22. The van der Waals surface area contributed by atoms with Gasteiger partial charge in [0.25, 0.3) is 5.91 Å². The number of carbonyl (C=O) groups is 2. The summed E-state index contributed by atoms with van der Waals surface area (Å²) in [6, 6.07) is 22.5. The summed E-state index contributed by atoms with van der Waals surface area (Å²) in [7, 11) is 0. The van der Waals surface area contributed by atoms with Gasteiger partial charge in [-0.05, 0) is 53.4 Å². The molecular weight excluding hydrogens is 471 g/mol. The van der Waals surface area contributed by atoms with Gasteiger partial charge in [-0.25, -0.2) is 4.39 Å². The van der Waals surface area contributed by atoms with Gasteiger partial charge >= 0.3 is 0 Å². The van der Waals surface area contributed by atoms with Crippen LogP contribution in [0.25, 0.3) is 11.4 Å². The standard InChI is InChI=1S/C28H29FN6O2/c1-3-20-14-16-22(17-15-20)35(25(4-2)28(37)30-18-21-10-6-5-7-11-21)26(36)19-34-32-27(31-33-34)23-12-8-9-13-24(23)29/h5-17,25H,3-4,18-19H2,1-2H3,(H,30,37)/t25-/m0/s1. The van der Waals surface area contributed by atoms with Crippen molar-refractivity contribution < 1.29 is 14.0 Å². The molecular formula is C28H29FN6O2. The minimum absolute atomic E-state index is 0.0809. The Labute approximate surface area is 215 Å². The molecule has 0 bridgehead atoms. The molecule has 4 rings (SSSR count). The van der Waals surface area contributed by atoms with E-state index >= 15 is 0 Å². The maximum Gasteiger partial charge on any atom is 0.251 e. The largest absolute Gasteiger partial charge is 0.350 e. The third-order valence-corrected chi connectivity index (χ3v) is 6.05. The lowest BCUT2D eigenvalue weighted by atomic mass is 10.1. The molecule has 0 fully saturated rings. The second kappa shape index (κ2) is 12.0. The number of hydrogen-bond acceptors (Lipinski definition) is 5. The number of aryl methyl sites for hydroxylation is 1. The monoisotopic (exact) mass is 500 g/mol. The van der Waals surface area contributed by atoms with E-state index in [0.717, 1.165) is 22.3 Å². The van der Waals surface area contributed by atoms with Gasteiger partial charge in [0.05, 0.1) is 5.56 Å². The molecule has 190 valence electrons. The summed E-state index contributed by atoms with van der Waals surface area (Å²) >= 11 is 0. The van der Waals surface area contributed by atoms with E-state index in [0.29, 0.717) is 18.7 Å². The van der Waals surface area contributed by atoms with Crippen LogP contribution < -0.4 is 10.2 Å². The third kappa shape index (κ3) is 6.24. The summed E-state index contributed by atoms with van der Waals surface area (Å²) in [4.78, 5) is 29.5. The molecule has 37 heavy (non-hydrogen) atoms. The number of halogens is 1. The number of aromatic nitrogens is 4. The Morgan fingerprint density at radius 1 is 0.946 bits per heavy atom. The molecule has 0 aliphatic rings. The van der Waals surface area contributed by atoms with Crippen molar-refractivity contribution in [3.8, 4) is 11.4 Å². The molecule has 4 aromatic rings. The molecule has 1 N–H and O–H groups in total. The maximum absolute atomic E-state index is 14.2. The highest BCUT2D eigenvalue weighted by atomic mass is 19.1. The van der Waals surface area contributed by atoms with E-state index in [1.807, 2.05) is 68.4 Å². The number of amides is 2. The average Bonchev–Trinajstić information content (AvgIpc) is 3.39. The van der Waals surface area contributed by atoms with Crippen LogP contribution >= 0.6 is 0 Å². The summed E-state index contributed by atoms with van der Waals surface area (Å²) in [5.74, 6) is -1.05. The molecule has 1 aromatic heterocycles. The molecule has 8 nitrogen and oxygen atoms in total. The molecule has 2 amide bonds. The molecule has 9 heteroatoms. The third-order valence-electron chi connectivity index (χ3n) is 6.05. The van der Waals surface area contributed by atoms with Crippen molar-refractivity contribution in [1.29, 1.82) is 0 Å². The van der Waals surface area contributed by atoms with Crippen LogP contribution in [0.3, 0.4) is 0 Å². The summed E-state index contributed by atoms with van der Waals surface area (Å²) in [6.07, 6.45) is 1.25. The van der Waals surface area contributed by atoms with Crippen LogP contribution in [0.2, 0.25) is 0 Å². The maximum atomic E-state index is 14.2. The summed E-state index contributed by atoms with van der Waals surface area (Å²) in [5.41, 5.74) is 2.87. The molecule has 0 spiro atoms. The van der Waals surface area contributed by atoms with Crippen LogP contribution in [-0.4, -0.2) is 38.1 Å². The number of nitrogens with one attached hydrogen (secondary N) is 1. The minimum atomic E-state index is -0.752. The number of carbonyl (C=O) groups excluding carboxylic acids is 2. The second-order valence-corrected chi connectivity index (χ2v) is 8.53. The molecule has 0 saturated carbocycles. The van der Waals surface area contributed by atoms with Gasteiger partial charge in [-0.2, -0.15) is 4.80 Å². The summed E-state index contributed by atoms with van der Waals surface area (Å²) in [6.45, 7) is 3.99. The first kappa shape index (κ1) is 25.7. The molecule has 0 unspecified atom stereocenters. The van der Waals surface area contributed by atoms with Crippen LogP contribution in [0, 0.1) is 5.82 Å². The van der Waals surface area contributed by atoms with E-state index in [-0.39, 0.29) is 29.7 Å². The SMILES string of the molecule is CCc1ccc(N(C(=O)Cn2nnc(-c3ccccc3F)n2)[C@@H](CC)C(=O)NCc2ccccc2)cc1. The highest BCUT2D eigenvalue weighted by molar-refractivity contribution is 6.00. The number of hydrogen-bond donors (Lipinski definition) is 1. The molecule has 0 radical (unpaired) electrons. The zero-order chi connectivity index (χ0) is 26.2. The first-order valence-corrected chi connectivity index (χ1v) is 12.3. The number of anilines is 1. The Kier molecular flexibility index (Phi) is 8.35. The molecule has 0 aliphatic heterocycles. The number of rotatable bonds is 10. The molecule has 1 heterocycles. The van der Waals surface area contributed by atoms with E-state index in [2.05, 4.69) is 20.7 Å². The zero-order valence-corrected chi connectivity index (χ0v) is 20.8. The van der Waals surface area contributed by atoms with Gasteiger partial charge in [-0.1, -0.05) is 68.4 Å². The van der Waals surface area contributed by atoms with Crippen molar-refractivity contribution in [2.24, 2.45) is 0 Å². The zero-order valence-electron chi connectivity index (χ0n) is 20.8. The van der Waals surface area contributed by atoms with E-state index < -0.39 is 11.9 Å². The number of tetrazole rings is 1. The minimum Gasteiger partial charge on any atom is -0.350 e. The van der Waals surface area contributed by atoms with Crippen molar-refractivity contribution in [2.45, 2.75) is 45.8 Å². The van der Waals surface area contributed by atoms with Crippen LogP contribution in [0.4, 0.5) is 10.1 Å². The average molecular weight is 501 g/mol. The lowest BCUT2D eigenvalue weighted by Gasteiger charge is -2.30. The smallest absolute Gasteiger partial charge is 0.251 e. The van der Waals surface area contributed by atoms with Crippen LogP contribution in [-0.2, 0) is 29.1 Å². The van der Waals surface area contributed by atoms with E-state index in [1.165, 1.54) is 11.0 Å². The van der Waals surface area contributed by atoms with E-state index in [9.17, 15) is 14.0 Å². The molecule has 1 atom stereocenters. The predicted molar refractivity (Wildman–Crippen MR) is 139 cm³/mol. The van der Waals surface area contributed by atoms with Gasteiger partial charge in [-0.3, -0.25) is 14.5 Å². The Morgan fingerprint density at radius 2 is 1.65 bits per heavy atom. The van der Waals surface area contributed by atoms with Gasteiger partial charge in [0.1, 0.15) is 18.4 Å². The van der Waals surface area contributed by atoms with Crippen LogP contribution in [0.15, 0.2) is 78.9 Å². The van der Waals surface area contributed by atoms with Crippen LogP contribution in [0.1, 0.15) is 31.4 Å². The van der Waals surface area contributed by atoms with Crippen molar-refractivity contribution in [3.05, 3.63) is 95.8 Å². The lowest BCUT2D eigenvalue weighted by molar-refractivity contribution is -0.127. The summed E-state index contributed by atoms with van der Waals surface area (Å²) < 4.78 is 14.2. The van der Waals surface area contributed by atoms with Crippen molar-refractivity contribution in [3.63, 3.8) is 0 Å². The first-order valence-electron chi connectivity index (χ1n) is 12.3. The van der Waals surface area contributed by atoms with Gasteiger partial charge < -0.3 is 5.32 Å². The van der Waals surface area contributed by atoms with E-state index in [1.54, 1.807) is 18.2 Å². The topological polar surface area (TPSA) is 93.0 Å². The second-order valence-electron chi connectivity index (χ2n) is 8.53. The Morgan fingerprint density at radius 3 is 2.32 bits per heavy atom. The van der Waals surface area contributed by atoms with E-state index in [4.69, 9.17) is 0 Å². The fourth-order valence-corrected chi connectivity index (χ4v) is 4.04. The predicted octanol–water partition coefficient (Wildman–Crippen LogP) is 4.17. The van der Waals surface area contributed by atoms with Crippen LogP contribution in [0.5, 0.6) is 0 Å². The normalized spacial score (nSPS) is 11.6. The Balaban J connectivity index is 1.58. The van der Waals surface area contributed by atoms with Gasteiger partial charge in [-0.15, -0.1) is 10.2 Å². The van der Waals surface area contributed by atoms with Gasteiger partial charge in [0.2, 0.25) is 11.7 Å². The quantitative estimate of drug-likeness (QED) is 0.353. The highest BCUT2D eigenvalue weighted by Gasteiger charge is 2.30. The van der Waals surface area contributed by atoms with Crippen molar-refractivity contribution in [2.75, 3.05) is 4.90 Å². The Hall–Kier alpha value is -4.40. The fraction of sp³-hybridized carbons (Fsp3) is 0.250. The summed E-state index contributed by atoms with van der Waals surface area (Å²) in [5, 5.41) is 15.0. The molecule has 0 aliphatic carbocycles. The fourth-order valence-electron chi connectivity index (χ4n) is 4.04. The number of benzene rings is 3. The first-order chi connectivity index (χ1) is 18.0. The Bertz CT molecular complexity index is 1340. The van der Waals surface area contributed by atoms with Gasteiger partial charge in [0.15, 0.2) is 0 Å². The van der Waals surface area contributed by atoms with Gasteiger partial charge in [0, 0.05) is 12.2 Å². The lowest BCUT2D eigenvalue weighted by Crippen LogP contribution is -2.50. The molecule has 3 aromatic carbocycles. The van der Waals surface area contributed by atoms with Crippen molar-refractivity contribution >= 4 is 17.5 Å².